The van der Waals surface area contributed by atoms with E-state index in [-0.39, 0.29) is 38.4 Å². The van der Waals surface area contributed by atoms with Crippen LogP contribution in [0, 0.1) is 5.41 Å². The minimum Gasteiger partial charge on any atom is -0.493 e. The highest BCUT2D eigenvalue weighted by atomic mass is 35.5. The highest BCUT2D eigenvalue weighted by molar-refractivity contribution is 6.38. The zero-order chi connectivity index (χ0) is 40.1. The van der Waals surface area contributed by atoms with Crippen molar-refractivity contribution in [3.8, 4) is 17.2 Å². The standard InChI is InChI=1S/C39H51ClN6O9/c1-8-10-26(31(47)35(49)42-25-13-14-25)43-34(48)28-19-39(18-27(45-55-39)23-11-9-12-24(40)17-23)21-46(28)36(50)33(38(2,3)4)44-37(51)41-20-22-15-29(52-5)32(54-7)30(16-22)53-6/h9,11-12,15-17,25-26,28,33H,8,10,13-14,18-21H2,1-7H3,(H,42,49)(H,43,48)(H2,41,44,51)/t26-,28-,33+,39+/m0/s1. The van der Waals surface area contributed by atoms with E-state index in [0.717, 1.165) is 18.4 Å². The first kappa shape index (κ1) is 41.1. The van der Waals surface area contributed by atoms with Gasteiger partial charge in [-0.2, -0.15) is 0 Å². The molecule has 5 amide bonds. The van der Waals surface area contributed by atoms with Crippen LogP contribution in [0.1, 0.15) is 77.3 Å². The van der Waals surface area contributed by atoms with Crippen LogP contribution in [0.4, 0.5) is 4.79 Å². The van der Waals surface area contributed by atoms with E-state index in [4.69, 9.17) is 30.6 Å². The van der Waals surface area contributed by atoms with Gasteiger partial charge in [0, 0.05) is 36.0 Å². The molecule has 4 atom stereocenters. The molecule has 5 rings (SSSR count). The molecule has 0 radical (unpaired) electrons. The lowest BCUT2D eigenvalue weighted by molar-refractivity contribution is -0.144. The summed E-state index contributed by atoms with van der Waals surface area (Å²) in [6.07, 6.45) is 2.66. The smallest absolute Gasteiger partial charge is 0.315 e. The molecule has 16 heteroatoms. The number of amides is 5. The van der Waals surface area contributed by atoms with Crippen molar-refractivity contribution in [1.82, 2.24) is 26.2 Å². The molecule has 15 nitrogen and oxygen atoms in total. The Labute approximate surface area is 326 Å². The van der Waals surface area contributed by atoms with Gasteiger partial charge >= 0.3 is 6.03 Å². The first-order chi connectivity index (χ1) is 26.1. The lowest BCUT2D eigenvalue weighted by atomic mass is 9.85. The minimum atomic E-state index is -1.12. The van der Waals surface area contributed by atoms with E-state index in [2.05, 4.69) is 26.4 Å². The largest absolute Gasteiger partial charge is 0.493 e. The van der Waals surface area contributed by atoms with Crippen LogP contribution in [0.25, 0.3) is 0 Å². The number of halogens is 1. The van der Waals surface area contributed by atoms with E-state index in [9.17, 15) is 24.0 Å². The molecular weight excluding hydrogens is 732 g/mol. The van der Waals surface area contributed by atoms with Gasteiger partial charge < -0.3 is 45.2 Å². The van der Waals surface area contributed by atoms with Crippen LogP contribution in [-0.2, 0) is 30.6 Å². The Morgan fingerprint density at radius 2 is 1.71 bits per heavy atom. The third kappa shape index (κ3) is 9.80. The van der Waals surface area contributed by atoms with E-state index < -0.39 is 58.7 Å². The number of benzene rings is 2. The fraction of sp³-hybridized carbons (Fsp3) is 0.538. The van der Waals surface area contributed by atoms with Gasteiger partial charge in [-0.3, -0.25) is 19.2 Å². The van der Waals surface area contributed by atoms with Crippen molar-refractivity contribution >= 4 is 46.8 Å². The number of carbonyl (C=O) groups excluding carboxylic acids is 5. The van der Waals surface area contributed by atoms with E-state index in [1.54, 1.807) is 51.1 Å². The van der Waals surface area contributed by atoms with Crippen molar-refractivity contribution in [2.45, 2.75) is 103 Å². The molecule has 2 aromatic carbocycles. The molecule has 2 aromatic rings. The number of rotatable bonds is 15. The van der Waals surface area contributed by atoms with Crippen molar-refractivity contribution in [1.29, 1.82) is 0 Å². The Morgan fingerprint density at radius 1 is 1.02 bits per heavy atom. The Kier molecular flexibility index (Phi) is 12.8. The van der Waals surface area contributed by atoms with E-state index in [1.807, 2.05) is 13.0 Å². The molecule has 4 N–H and O–H groups in total. The number of hydrogen-bond acceptors (Lipinski definition) is 10. The summed E-state index contributed by atoms with van der Waals surface area (Å²) in [6.45, 7) is 7.28. The van der Waals surface area contributed by atoms with Gasteiger partial charge in [0.2, 0.25) is 23.3 Å². The van der Waals surface area contributed by atoms with Gasteiger partial charge in [-0.25, -0.2) is 4.79 Å². The molecule has 1 spiro atoms. The number of ether oxygens (including phenoxy) is 3. The highest BCUT2D eigenvalue weighted by Gasteiger charge is 2.55. The summed E-state index contributed by atoms with van der Waals surface area (Å²) in [7, 11) is 4.48. The van der Waals surface area contributed by atoms with Crippen LogP contribution in [0.5, 0.6) is 17.2 Å². The summed E-state index contributed by atoms with van der Waals surface area (Å²) in [5.41, 5.74) is 0.0857. The zero-order valence-corrected chi connectivity index (χ0v) is 33.1. The van der Waals surface area contributed by atoms with E-state index in [0.29, 0.717) is 40.0 Å². The first-order valence-electron chi connectivity index (χ1n) is 18.4. The van der Waals surface area contributed by atoms with Crippen molar-refractivity contribution in [3.05, 3.63) is 52.5 Å². The van der Waals surface area contributed by atoms with Crippen molar-refractivity contribution in [2.75, 3.05) is 27.9 Å². The van der Waals surface area contributed by atoms with Gasteiger partial charge in [0.25, 0.3) is 5.91 Å². The Bertz CT molecular complexity index is 1800. The second-order valence-corrected chi connectivity index (χ2v) is 15.7. The number of carbonyl (C=O) groups is 5. The fourth-order valence-electron chi connectivity index (χ4n) is 6.84. The number of nitrogens with one attached hydrogen (secondary N) is 4. The van der Waals surface area contributed by atoms with Crippen LogP contribution >= 0.6 is 11.6 Å². The molecule has 55 heavy (non-hydrogen) atoms. The summed E-state index contributed by atoms with van der Waals surface area (Å²) in [4.78, 5) is 75.8. The van der Waals surface area contributed by atoms with E-state index in [1.165, 1.54) is 26.2 Å². The SMILES string of the molecule is CCC[C@H](NC(=O)[C@@H]1C[C@]2(CC(c3cccc(Cl)c3)=NO2)CN1C(=O)[C@@H](NC(=O)NCc1cc(OC)c(OC)c(OC)c1)C(C)(C)C)C(=O)C(=O)NC1CC1. The van der Waals surface area contributed by atoms with Crippen LogP contribution in [0.3, 0.4) is 0 Å². The number of Topliss-reactive ketones (excluding diaryl/α,β-unsaturated/α-hetero) is 1. The molecule has 3 aliphatic rings. The second kappa shape index (κ2) is 17.2. The number of urea groups is 1. The number of likely N-dealkylation sites (tertiary alicyclic amines) is 1. The molecular formula is C39H51ClN6O9. The van der Waals surface area contributed by atoms with Gasteiger partial charge in [0.05, 0.1) is 39.6 Å². The summed E-state index contributed by atoms with van der Waals surface area (Å²) in [5, 5.41) is 16.0. The zero-order valence-electron chi connectivity index (χ0n) is 32.4. The topological polar surface area (TPSA) is 186 Å². The third-order valence-corrected chi connectivity index (χ3v) is 10.1. The molecule has 0 bridgehead atoms. The van der Waals surface area contributed by atoms with Crippen LogP contribution in [-0.4, -0.2) is 97.8 Å². The Hall–Kier alpha value is -5.05. The van der Waals surface area contributed by atoms with Gasteiger partial charge in [0.1, 0.15) is 12.1 Å². The number of nitrogens with zero attached hydrogens (tertiary/aromatic N) is 2. The van der Waals surface area contributed by atoms with Gasteiger partial charge in [-0.05, 0) is 54.5 Å². The maximum absolute atomic E-state index is 14.7. The predicted octanol–water partition coefficient (Wildman–Crippen LogP) is 3.88. The summed E-state index contributed by atoms with van der Waals surface area (Å²) in [5.74, 6) is -1.40. The average Bonchev–Trinajstić information content (AvgIpc) is 3.75. The number of ketones is 1. The number of oxime groups is 1. The first-order valence-corrected chi connectivity index (χ1v) is 18.8. The fourth-order valence-corrected chi connectivity index (χ4v) is 7.03. The lowest BCUT2D eigenvalue weighted by Gasteiger charge is -2.35. The normalized spacial score (nSPS) is 20.1. The maximum Gasteiger partial charge on any atom is 0.315 e. The highest BCUT2D eigenvalue weighted by Crippen LogP contribution is 2.41. The van der Waals surface area contributed by atoms with Crippen LogP contribution < -0.4 is 35.5 Å². The van der Waals surface area contributed by atoms with Gasteiger partial charge in [-0.15, -0.1) is 0 Å². The Morgan fingerprint density at radius 3 is 2.29 bits per heavy atom. The quantitative estimate of drug-likeness (QED) is 0.195. The molecule has 2 fully saturated rings. The molecule has 2 heterocycles. The van der Waals surface area contributed by atoms with E-state index >= 15 is 0 Å². The second-order valence-electron chi connectivity index (χ2n) is 15.3. The van der Waals surface area contributed by atoms with Gasteiger partial charge in [-0.1, -0.05) is 63.0 Å². The monoisotopic (exact) mass is 782 g/mol. The molecule has 298 valence electrons. The van der Waals surface area contributed by atoms with Gasteiger partial charge in [0.15, 0.2) is 17.1 Å². The summed E-state index contributed by atoms with van der Waals surface area (Å²) in [6, 6.07) is 6.57. The van der Waals surface area contributed by atoms with Crippen molar-refractivity contribution in [2.24, 2.45) is 10.6 Å². The molecule has 0 aromatic heterocycles. The lowest BCUT2D eigenvalue weighted by Crippen LogP contribution is -2.60. The summed E-state index contributed by atoms with van der Waals surface area (Å²) < 4.78 is 16.3. The molecule has 2 aliphatic heterocycles. The van der Waals surface area contributed by atoms with Crippen LogP contribution in [0.15, 0.2) is 41.6 Å². The minimum absolute atomic E-state index is 0.0344. The number of hydrogen-bond donors (Lipinski definition) is 4. The number of methoxy groups -OCH3 is 3. The Balaban J connectivity index is 1.38. The molecule has 1 aliphatic carbocycles. The molecule has 1 saturated heterocycles. The predicted molar refractivity (Wildman–Crippen MR) is 204 cm³/mol. The van der Waals surface area contributed by atoms with Crippen molar-refractivity contribution < 1.29 is 43.0 Å². The summed E-state index contributed by atoms with van der Waals surface area (Å²) >= 11 is 6.26. The molecule has 0 unspecified atom stereocenters. The average molecular weight is 783 g/mol. The maximum atomic E-state index is 14.7. The third-order valence-electron chi connectivity index (χ3n) is 9.90. The molecule has 1 saturated carbocycles. The van der Waals surface area contributed by atoms with Crippen molar-refractivity contribution in [3.63, 3.8) is 0 Å². The van der Waals surface area contributed by atoms with Crippen LogP contribution in [0.2, 0.25) is 5.02 Å².